The molecule has 0 radical (unpaired) electrons. The Labute approximate surface area is 189 Å². The molecule has 0 amide bonds. The highest BCUT2D eigenvalue weighted by atomic mass is 16.5. The summed E-state index contributed by atoms with van der Waals surface area (Å²) >= 11 is 0. The van der Waals surface area contributed by atoms with Crippen LogP contribution in [0.4, 0.5) is 0 Å². The molecule has 0 unspecified atom stereocenters. The van der Waals surface area contributed by atoms with Crippen LogP contribution in [0.15, 0.2) is 12.2 Å². The average molecular weight is 423 g/mol. The lowest BCUT2D eigenvalue weighted by molar-refractivity contribution is -0.143. The van der Waals surface area contributed by atoms with Gasteiger partial charge in [0.1, 0.15) is 0 Å². The first-order chi connectivity index (χ1) is 14.8. The Bertz CT molecular complexity index is 362. The second-order valence-corrected chi connectivity index (χ2v) is 9.03. The zero-order chi connectivity index (χ0) is 22.0. The molecule has 0 aliphatic rings. The Hall–Kier alpha value is -0.790. The molecule has 0 aromatic heterocycles. The minimum absolute atomic E-state index is 0.0110. The molecule has 0 saturated heterocycles. The summed E-state index contributed by atoms with van der Waals surface area (Å²) in [4.78, 5) is 11.8. The summed E-state index contributed by atoms with van der Waals surface area (Å²) in [6.45, 7) is 5.16. The highest BCUT2D eigenvalue weighted by Crippen LogP contribution is 2.11. The summed E-state index contributed by atoms with van der Waals surface area (Å²) in [5.41, 5.74) is 0. The van der Waals surface area contributed by atoms with Crippen molar-refractivity contribution in [1.82, 2.24) is 0 Å². The lowest BCUT2D eigenvalue weighted by atomic mass is 10.1. The van der Waals surface area contributed by atoms with Crippen LogP contribution in [0.3, 0.4) is 0 Å². The van der Waals surface area contributed by atoms with Gasteiger partial charge in [0, 0.05) is 6.42 Å². The van der Waals surface area contributed by atoms with Crippen molar-refractivity contribution in [3.8, 4) is 0 Å². The summed E-state index contributed by atoms with van der Waals surface area (Å²) in [6, 6.07) is 0. The molecule has 0 atom stereocenters. The first kappa shape index (κ1) is 29.2. The van der Waals surface area contributed by atoms with Gasteiger partial charge >= 0.3 is 5.97 Å². The fraction of sp³-hybridized carbons (Fsp3) is 0.893. The van der Waals surface area contributed by atoms with E-state index in [-0.39, 0.29) is 5.97 Å². The standard InChI is InChI=1S/C28H54O2/c1-3-5-7-9-11-13-15-16-17-18-20-22-24-26-28(29)30-27-25-23-21-19-14-12-10-8-6-4-2/h13,15H,3-12,14,16-27H2,1-2H3/b15-13-. The number of ether oxygens (including phenoxy) is 1. The van der Waals surface area contributed by atoms with Crippen molar-refractivity contribution in [2.45, 2.75) is 155 Å². The normalized spacial score (nSPS) is 11.4. The van der Waals surface area contributed by atoms with Crippen LogP contribution in [0, 0.1) is 0 Å². The molecular weight excluding hydrogens is 368 g/mol. The zero-order valence-corrected chi connectivity index (χ0v) is 20.7. The number of esters is 1. The molecule has 0 N–H and O–H groups in total. The van der Waals surface area contributed by atoms with Crippen LogP contribution in [-0.4, -0.2) is 12.6 Å². The van der Waals surface area contributed by atoms with Crippen molar-refractivity contribution in [3.05, 3.63) is 12.2 Å². The van der Waals surface area contributed by atoms with Crippen LogP contribution in [0.2, 0.25) is 0 Å². The van der Waals surface area contributed by atoms with Gasteiger partial charge in [0.05, 0.1) is 6.61 Å². The van der Waals surface area contributed by atoms with Gasteiger partial charge in [-0.3, -0.25) is 4.79 Å². The largest absolute Gasteiger partial charge is 0.466 e. The number of hydrogen-bond donors (Lipinski definition) is 0. The molecule has 0 saturated carbocycles. The predicted molar refractivity (Wildman–Crippen MR) is 133 cm³/mol. The van der Waals surface area contributed by atoms with E-state index in [1.54, 1.807) is 0 Å². The molecule has 0 aliphatic heterocycles. The van der Waals surface area contributed by atoms with Gasteiger partial charge in [0.15, 0.2) is 0 Å². The third kappa shape index (κ3) is 25.2. The monoisotopic (exact) mass is 422 g/mol. The zero-order valence-electron chi connectivity index (χ0n) is 20.7. The summed E-state index contributed by atoms with van der Waals surface area (Å²) in [7, 11) is 0. The van der Waals surface area contributed by atoms with Crippen molar-refractivity contribution >= 4 is 5.97 Å². The van der Waals surface area contributed by atoms with E-state index in [0.29, 0.717) is 13.0 Å². The van der Waals surface area contributed by atoms with E-state index in [1.165, 1.54) is 116 Å². The van der Waals surface area contributed by atoms with Crippen LogP contribution in [0.1, 0.15) is 155 Å². The maximum Gasteiger partial charge on any atom is 0.305 e. The number of allylic oxidation sites excluding steroid dienone is 2. The maximum atomic E-state index is 11.8. The lowest BCUT2D eigenvalue weighted by Gasteiger charge is -2.05. The van der Waals surface area contributed by atoms with Gasteiger partial charge in [0.25, 0.3) is 0 Å². The molecule has 2 nitrogen and oxygen atoms in total. The Balaban J connectivity index is 3.19. The number of carbonyl (C=O) groups excluding carboxylic acids is 1. The quantitative estimate of drug-likeness (QED) is 0.0878. The van der Waals surface area contributed by atoms with Gasteiger partial charge in [0.2, 0.25) is 0 Å². The van der Waals surface area contributed by atoms with E-state index in [9.17, 15) is 4.79 Å². The Morgan fingerprint density at radius 3 is 1.47 bits per heavy atom. The smallest absolute Gasteiger partial charge is 0.305 e. The molecular formula is C28H54O2. The van der Waals surface area contributed by atoms with Gasteiger partial charge in [-0.05, 0) is 38.5 Å². The molecule has 178 valence electrons. The molecule has 0 bridgehead atoms. The highest BCUT2D eigenvalue weighted by Gasteiger charge is 2.02. The van der Waals surface area contributed by atoms with Crippen molar-refractivity contribution in [2.75, 3.05) is 6.61 Å². The fourth-order valence-corrected chi connectivity index (χ4v) is 3.83. The number of unbranched alkanes of at least 4 members (excludes halogenated alkanes) is 18. The van der Waals surface area contributed by atoms with Crippen LogP contribution < -0.4 is 0 Å². The maximum absolute atomic E-state index is 11.8. The Kier molecular flexibility index (Phi) is 25.6. The molecule has 0 aromatic carbocycles. The van der Waals surface area contributed by atoms with E-state index < -0.39 is 0 Å². The van der Waals surface area contributed by atoms with E-state index >= 15 is 0 Å². The van der Waals surface area contributed by atoms with Gasteiger partial charge < -0.3 is 4.74 Å². The van der Waals surface area contributed by atoms with Gasteiger partial charge in [-0.15, -0.1) is 0 Å². The number of carbonyl (C=O) groups is 1. The van der Waals surface area contributed by atoms with Crippen molar-refractivity contribution in [3.63, 3.8) is 0 Å². The molecule has 0 aliphatic carbocycles. The SMILES string of the molecule is CCCCCC/C=C\CCCCCCCC(=O)OCCCCCCCCCCCC. The molecule has 0 rings (SSSR count). The number of hydrogen-bond acceptors (Lipinski definition) is 2. The summed E-state index contributed by atoms with van der Waals surface area (Å²) in [6.07, 6.45) is 32.4. The number of rotatable bonds is 24. The molecule has 0 heterocycles. The topological polar surface area (TPSA) is 26.3 Å². The van der Waals surface area contributed by atoms with Gasteiger partial charge in [-0.2, -0.15) is 0 Å². The van der Waals surface area contributed by atoms with E-state index in [1.807, 2.05) is 0 Å². The summed E-state index contributed by atoms with van der Waals surface area (Å²) < 4.78 is 5.37. The van der Waals surface area contributed by atoms with E-state index in [2.05, 4.69) is 26.0 Å². The van der Waals surface area contributed by atoms with Crippen LogP contribution in [0.25, 0.3) is 0 Å². The van der Waals surface area contributed by atoms with E-state index in [4.69, 9.17) is 4.74 Å². The van der Waals surface area contributed by atoms with Crippen molar-refractivity contribution < 1.29 is 9.53 Å². The molecule has 0 aromatic rings. The Morgan fingerprint density at radius 1 is 0.533 bits per heavy atom. The van der Waals surface area contributed by atoms with Gasteiger partial charge in [-0.1, -0.05) is 122 Å². The molecule has 0 fully saturated rings. The second kappa shape index (κ2) is 26.2. The molecule has 30 heavy (non-hydrogen) atoms. The second-order valence-electron chi connectivity index (χ2n) is 9.03. The first-order valence-electron chi connectivity index (χ1n) is 13.6. The van der Waals surface area contributed by atoms with Crippen molar-refractivity contribution in [2.24, 2.45) is 0 Å². The molecule has 0 spiro atoms. The van der Waals surface area contributed by atoms with E-state index in [0.717, 1.165) is 19.3 Å². The van der Waals surface area contributed by atoms with Crippen molar-refractivity contribution in [1.29, 1.82) is 0 Å². The predicted octanol–water partition coefficient (Wildman–Crippen LogP) is 9.71. The van der Waals surface area contributed by atoms with Crippen LogP contribution in [0.5, 0.6) is 0 Å². The molecule has 2 heteroatoms. The minimum Gasteiger partial charge on any atom is -0.466 e. The average Bonchev–Trinajstić information content (AvgIpc) is 2.75. The minimum atomic E-state index is 0.0110. The lowest BCUT2D eigenvalue weighted by Crippen LogP contribution is -2.05. The third-order valence-electron chi connectivity index (χ3n) is 5.90. The summed E-state index contributed by atoms with van der Waals surface area (Å²) in [5, 5.41) is 0. The van der Waals surface area contributed by atoms with Crippen LogP contribution in [-0.2, 0) is 9.53 Å². The first-order valence-corrected chi connectivity index (χ1v) is 13.6. The Morgan fingerprint density at radius 2 is 0.933 bits per heavy atom. The van der Waals surface area contributed by atoms with Crippen LogP contribution >= 0.6 is 0 Å². The third-order valence-corrected chi connectivity index (χ3v) is 5.90. The summed E-state index contributed by atoms with van der Waals surface area (Å²) in [5.74, 6) is 0.0110. The van der Waals surface area contributed by atoms with Gasteiger partial charge in [-0.25, -0.2) is 0 Å². The highest BCUT2D eigenvalue weighted by molar-refractivity contribution is 5.69. The fourth-order valence-electron chi connectivity index (χ4n) is 3.83.